The number of hydrogen-bond donors (Lipinski definition) is 2. The summed E-state index contributed by atoms with van der Waals surface area (Å²) in [6.07, 6.45) is 0.347. The Morgan fingerprint density at radius 3 is 2.70 bits per heavy atom. The Morgan fingerprint density at radius 2 is 1.96 bits per heavy atom. The van der Waals surface area contributed by atoms with E-state index in [0.717, 1.165) is 5.56 Å². The lowest BCUT2D eigenvalue weighted by Crippen LogP contribution is -2.44. The summed E-state index contributed by atoms with van der Waals surface area (Å²) in [5, 5.41) is 14.4. The molecule has 0 aromatic heterocycles. The molecule has 2 aromatic rings. The Morgan fingerprint density at radius 1 is 1.22 bits per heavy atom. The van der Waals surface area contributed by atoms with E-state index in [4.69, 9.17) is 11.6 Å². The molecular weight excluding hydrogens is 314 g/mol. The number of hydrogen-bond acceptors (Lipinski definition) is 3. The van der Waals surface area contributed by atoms with Crippen molar-refractivity contribution in [1.82, 2.24) is 0 Å². The average molecular weight is 328 g/mol. The van der Waals surface area contributed by atoms with Crippen molar-refractivity contribution < 1.29 is 14.7 Å². The molecule has 0 spiro atoms. The number of halogens is 1. The second-order valence-corrected chi connectivity index (χ2v) is 6.50. The van der Waals surface area contributed by atoms with Crippen LogP contribution in [0.5, 0.6) is 0 Å². The predicted octanol–water partition coefficient (Wildman–Crippen LogP) is 2.84. The van der Waals surface area contributed by atoms with Crippen molar-refractivity contribution >= 4 is 29.0 Å². The molecule has 2 aromatic carbocycles. The SMILES string of the molecule is Cc1c(Cl)ccc2c1NC(=O)C2(O)C1Cc2ccccc2C1=O. The molecule has 23 heavy (non-hydrogen) atoms. The van der Waals surface area contributed by atoms with Crippen molar-refractivity contribution in [3.8, 4) is 0 Å². The smallest absolute Gasteiger partial charge is 0.261 e. The minimum absolute atomic E-state index is 0.196. The van der Waals surface area contributed by atoms with Gasteiger partial charge < -0.3 is 10.4 Å². The molecule has 5 heteroatoms. The molecule has 1 heterocycles. The van der Waals surface area contributed by atoms with Crippen molar-refractivity contribution in [2.75, 3.05) is 5.32 Å². The largest absolute Gasteiger partial charge is 0.375 e. The first kappa shape index (κ1) is 14.4. The number of benzene rings is 2. The fourth-order valence-corrected chi connectivity index (χ4v) is 3.78. The number of carbonyl (C=O) groups excluding carboxylic acids is 2. The van der Waals surface area contributed by atoms with E-state index in [1.165, 1.54) is 0 Å². The topological polar surface area (TPSA) is 66.4 Å². The zero-order valence-electron chi connectivity index (χ0n) is 12.4. The van der Waals surface area contributed by atoms with E-state index in [9.17, 15) is 14.7 Å². The quantitative estimate of drug-likeness (QED) is 0.846. The average Bonchev–Trinajstić information content (AvgIpc) is 3.01. The van der Waals surface area contributed by atoms with Gasteiger partial charge in [-0.05, 0) is 30.5 Å². The van der Waals surface area contributed by atoms with Crippen LogP contribution in [0.25, 0.3) is 0 Å². The summed E-state index contributed by atoms with van der Waals surface area (Å²) in [6.45, 7) is 1.78. The molecule has 0 radical (unpaired) electrons. The normalized spacial score (nSPS) is 25.3. The van der Waals surface area contributed by atoms with Crippen LogP contribution in [0.1, 0.15) is 27.0 Å². The summed E-state index contributed by atoms with van der Waals surface area (Å²) in [6, 6.07) is 10.5. The predicted molar refractivity (Wildman–Crippen MR) is 86.7 cm³/mol. The highest BCUT2D eigenvalue weighted by molar-refractivity contribution is 6.32. The molecule has 1 aliphatic carbocycles. The van der Waals surface area contributed by atoms with Crippen LogP contribution >= 0.6 is 11.6 Å². The molecule has 0 saturated heterocycles. The number of rotatable bonds is 1. The maximum atomic E-state index is 12.7. The minimum atomic E-state index is -1.86. The van der Waals surface area contributed by atoms with E-state index >= 15 is 0 Å². The molecule has 2 unspecified atom stereocenters. The molecule has 0 saturated carbocycles. The highest BCUT2D eigenvalue weighted by atomic mass is 35.5. The third-order valence-electron chi connectivity index (χ3n) is 4.92. The number of fused-ring (bicyclic) bond motifs is 2. The van der Waals surface area contributed by atoms with Crippen LogP contribution in [-0.2, 0) is 16.8 Å². The van der Waals surface area contributed by atoms with Crippen LogP contribution in [0.15, 0.2) is 36.4 Å². The van der Waals surface area contributed by atoms with E-state index in [-0.39, 0.29) is 5.78 Å². The maximum Gasteiger partial charge on any atom is 0.261 e. The number of Topliss-reactive ketones (excluding diaryl/α,β-unsaturated/α-hetero) is 1. The molecule has 4 nitrogen and oxygen atoms in total. The summed E-state index contributed by atoms with van der Waals surface area (Å²) in [7, 11) is 0. The Balaban J connectivity index is 1.87. The molecule has 116 valence electrons. The monoisotopic (exact) mass is 327 g/mol. The van der Waals surface area contributed by atoms with E-state index in [1.54, 1.807) is 31.2 Å². The fraction of sp³-hybridized carbons (Fsp3) is 0.222. The standard InChI is InChI=1S/C18H14ClNO3/c1-9-14(19)7-6-12-15(9)20-17(22)18(12,23)13-8-10-4-2-3-5-11(10)16(13)21/h2-7,13,23H,8H2,1H3,(H,20,22). The van der Waals surface area contributed by atoms with Gasteiger partial charge in [-0.1, -0.05) is 41.9 Å². The molecule has 0 bridgehead atoms. The molecule has 2 aliphatic rings. The highest BCUT2D eigenvalue weighted by Gasteiger charge is 2.56. The van der Waals surface area contributed by atoms with E-state index in [0.29, 0.717) is 33.8 Å². The Labute approximate surface area is 138 Å². The third-order valence-corrected chi connectivity index (χ3v) is 5.33. The van der Waals surface area contributed by atoms with Gasteiger partial charge in [0.2, 0.25) is 0 Å². The van der Waals surface area contributed by atoms with Gasteiger partial charge >= 0.3 is 0 Å². The van der Waals surface area contributed by atoms with Gasteiger partial charge in [0.1, 0.15) is 0 Å². The number of nitrogens with one attached hydrogen (secondary N) is 1. The van der Waals surface area contributed by atoms with Crippen LogP contribution in [0.3, 0.4) is 0 Å². The second kappa shape index (κ2) is 4.66. The summed E-state index contributed by atoms with van der Waals surface area (Å²) >= 11 is 6.09. The van der Waals surface area contributed by atoms with Crippen molar-refractivity contribution in [2.24, 2.45) is 5.92 Å². The molecule has 1 aliphatic heterocycles. The number of anilines is 1. The zero-order chi connectivity index (χ0) is 16.4. The summed E-state index contributed by atoms with van der Waals surface area (Å²) in [4.78, 5) is 25.3. The molecule has 0 fully saturated rings. The molecule has 2 atom stereocenters. The van der Waals surface area contributed by atoms with Gasteiger partial charge in [-0.25, -0.2) is 0 Å². The van der Waals surface area contributed by atoms with Crippen LogP contribution in [0.2, 0.25) is 5.02 Å². The second-order valence-electron chi connectivity index (χ2n) is 6.09. The van der Waals surface area contributed by atoms with Crippen LogP contribution in [0, 0.1) is 12.8 Å². The number of amides is 1. The maximum absolute atomic E-state index is 12.7. The van der Waals surface area contributed by atoms with Crippen LogP contribution < -0.4 is 5.32 Å². The van der Waals surface area contributed by atoms with E-state index in [1.807, 2.05) is 12.1 Å². The van der Waals surface area contributed by atoms with Crippen molar-refractivity contribution in [2.45, 2.75) is 18.9 Å². The van der Waals surface area contributed by atoms with Gasteiger partial charge in [-0.2, -0.15) is 0 Å². The highest BCUT2D eigenvalue weighted by Crippen LogP contribution is 2.48. The summed E-state index contributed by atoms with van der Waals surface area (Å²) < 4.78 is 0. The third kappa shape index (κ3) is 1.76. The summed E-state index contributed by atoms with van der Waals surface area (Å²) in [5.74, 6) is -1.58. The fourth-order valence-electron chi connectivity index (χ4n) is 3.62. The Bertz CT molecular complexity index is 877. The van der Waals surface area contributed by atoms with Gasteiger partial charge in [-0.15, -0.1) is 0 Å². The molecular formula is C18H14ClNO3. The van der Waals surface area contributed by atoms with Crippen molar-refractivity contribution in [3.63, 3.8) is 0 Å². The van der Waals surface area contributed by atoms with Gasteiger partial charge in [0, 0.05) is 16.1 Å². The van der Waals surface area contributed by atoms with Gasteiger partial charge in [0.25, 0.3) is 5.91 Å². The first-order valence-electron chi connectivity index (χ1n) is 7.40. The summed E-state index contributed by atoms with van der Waals surface area (Å²) in [5.41, 5.74) is 1.21. The molecule has 2 N–H and O–H groups in total. The number of ketones is 1. The lowest BCUT2D eigenvalue weighted by Gasteiger charge is -2.26. The lowest BCUT2D eigenvalue weighted by molar-refractivity contribution is -0.137. The van der Waals surface area contributed by atoms with Gasteiger partial charge in [0.15, 0.2) is 11.4 Å². The minimum Gasteiger partial charge on any atom is -0.375 e. The van der Waals surface area contributed by atoms with Gasteiger partial charge in [-0.3, -0.25) is 9.59 Å². The Kier molecular flexibility index (Phi) is 2.92. The van der Waals surface area contributed by atoms with Crippen molar-refractivity contribution in [3.05, 3.63) is 63.7 Å². The zero-order valence-corrected chi connectivity index (χ0v) is 13.1. The molecule has 4 rings (SSSR count). The first-order valence-corrected chi connectivity index (χ1v) is 7.78. The number of carbonyl (C=O) groups is 2. The Hall–Kier alpha value is -2.17. The van der Waals surface area contributed by atoms with E-state index in [2.05, 4.69) is 5.32 Å². The lowest BCUT2D eigenvalue weighted by atomic mass is 9.79. The van der Waals surface area contributed by atoms with Crippen LogP contribution in [0.4, 0.5) is 5.69 Å². The first-order chi connectivity index (χ1) is 10.9. The van der Waals surface area contributed by atoms with E-state index < -0.39 is 17.4 Å². The molecule has 1 amide bonds. The van der Waals surface area contributed by atoms with Crippen LogP contribution in [-0.4, -0.2) is 16.8 Å². The number of aliphatic hydroxyl groups is 1. The van der Waals surface area contributed by atoms with Gasteiger partial charge in [0.05, 0.1) is 11.6 Å². The van der Waals surface area contributed by atoms with Crippen molar-refractivity contribution in [1.29, 1.82) is 0 Å².